The minimum Gasteiger partial charge on any atom is -0.478 e. The van der Waals surface area contributed by atoms with Gasteiger partial charge < -0.3 is 5.11 Å². The van der Waals surface area contributed by atoms with Crippen molar-refractivity contribution in [2.45, 2.75) is 6.43 Å². The second-order valence-corrected chi connectivity index (χ2v) is 3.55. The van der Waals surface area contributed by atoms with Crippen molar-refractivity contribution in [3.8, 4) is 6.07 Å². The van der Waals surface area contributed by atoms with Crippen LogP contribution in [0.2, 0.25) is 0 Å². The Kier molecular flexibility index (Phi) is 3.52. The fourth-order valence-corrected chi connectivity index (χ4v) is 1.65. The van der Waals surface area contributed by atoms with E-state index in [-0.39, 0.29) is 14.8 Å². The lowest BCUT2D eigenvalue weighted by Gasteiger charge is -2.05. The number of hydrogen-bond donors (Lipinski definition) is 1. The Hall–Kier alpha value is -1.30. The van der Waals surface area contributed by atoms with Crippen LogP contribution in [0.5, 0.6) is 0 Å². The average Bonchev–Trinajstić information content (AvgIpc) is 2.17. The van der Waals surface area contributed by atoms with Gasteiger partial charge in [-0.25, -0.2) is 18.6 Å². The van der Waals surface area contributed by atoms with Gasteiger partial charge in [0.2, 0.25) is 0 Å². The number of halogens is 3. The molecule has 0 fully saturated rings. The number of nitriles is 1. The molecule has 0 spiro atoms. The Morgan fingerprint density at radius 1 is 1.67 bits per heavy atom. The number of carboxylic acid groups (broad SMARTS) is 1. The van der Waals surface area contributed by atoms with Crippen LogP contribution in [0.25, 0.3) is 0 Å². The van der Waals surface area contributed by atoms with Crippen LogP contribution >= 0.6 is 22.6 Å². The number of pyridine rings is 1. The summed E-state index contributed by atoms with van der Waals surface area (Å²) in [4.78, 5) is 14.0. The highest BCUT2D eigenvalue weighted by Gasteiger charge is 2.21. The van der Waals surface area contributed by atoms with E-state index in [4.69, 9.17) is 10.4 Å². The number of carboxylic acids is 1. The molecule has 0 bridgehead atoms. The van der Waals surface area contributed by atoms with Crippen molar-refractivity contribution in [2.75, 3.05) is 0 Å². The lowest BCUT2D eigenvalue weighted by atomic mass is 10.2. The van der Waals surface area contributed by atoms with Gasteiger partial charge in [0.15, 0.2) is 0 Å². The Labute approximate surface area is 96.7 Å². The predicted octanol–water partition coefficient (Wildman–Crippen LogP) is 2.19. The zero-order valence-corrected chi connectivity index (χ0v) is 9.20. The maximum atomic E-state index is 12.4. The van der Waals surface area contributed by atoms with Crippen LogP contribution in [0.3, 0.4) is 0 Å². The van der Waals surface area contributed by atoms with Gasteiger partial charge >= 0.3 is 5.97 Å². The minimum atomic E-state index is -2.90. The molecule has 0 aliphatic carbocycles. The van der Waals surface area contributed by atoms with Crippen molar-refractivity contribution in [2.24, 2.45) is 0 Å². The summed E-state index contributed by atoms with van der Waals surface area (Å²) in [5.74, 6) is -1.36. The van der Waals surface area contributed by atoms with Gasteiger partial charge in [-0.2, -0.15) is 5.26 Å². The molecule has 1 rings (SSSR count). The topological polar surface area (TPSA) is 74.0 Å². The van der Waals surface area contributed by atoms with Crippen LogP contribution < -0.4 is 0 Å². The molecule has 0 aromatic carbocycles. The van der Waals surface area contributed by atoms with E-state index >= 15 is 0 Å². The summed E-state index contributed by atoms with van der Waals surface area (Å²) in [7, 11) is 0. The first-order chi connectivity index (χ1) is 6.97. The summed E-state index contributed by atoms with van der Waals surface area (Å²) >= 11 is 1.47. The van der Waals surface area contributed by atoms with Crippen molar-refractivity contribution < 1.29 is 18.7 Å². The molecular weight excluding hydrogens is 321 g/mol. The highest BCUT2D eigenvalue weighted by Crippen LogP contribution is 2.25. The lowest BCUT2D eigenvalue weighted by Crippen LogP contribution is -2.07. The summed E-state index contributed by atoms with van der Waals surface area (Å²) in [6.07, 6.45) is -2.90. The van der Waals surface area contributed by atoms with Crippen LogP contribution in [-0.4, -0.2) is 16.1 Å². The Balaban J connectivity index is 3.49. The number of rotatable bonds is 2. The molecule has 7 heteroatoms. The summed E-state index contributed by atoms with van der Waals surface area (Å²) in [5, 5.41) is 17.2. The Morgan fingerprint density at radius 2 is 2.27 bits per heavy atom. The van der Waals surface area contributed by atoms with Crippen molar-refractivity contribution >= 4 is 28.6 Å². The molecule has 1 heterocycles. The molecule has 1 aromatic heterocycles. The fourth-order valence-electron chi connectivity index (χ4n) is 0.907. The van der Waals surface area contributed by atoms with E-state index in [9.17, 15) is 13.6 Å². The zero-order valence-electron chi connectivity index (χ0n) is 7.04. The second-order valence-electron chi connectivity index (χ2n) is 2.47. The highest BCUT2D eigenvalue weighted by atomic mass is 127. The third-order valence-electron chi connectivity index (χ3n) is 1.53. The first-order valence-electron chi connectivity index (χ1n) is 3.59. The van der Waals surface area contributed by atoms with E-state index in [0.29, 0.717) is 0 Å². The van der Waals surface area contributed by atoms with Crippen molar-refractivity contribution in [3.63, 3.8) is 0 Å². The standard InChI is InChI=1S/C8H3F2IN2O2/c9-7(10)6-5(11)4(8(14)15)1-3(2-12)13-6/h1,7H,(H,14,15). The van der Waals surface area contributed by atoms with Crippen molar-refractivity contribution in [1.29, 1.82) is 5.26 Å². The van der Waals surface area contributed by atoms with Gasteiger partial charge in [-0.1, -0.05) is 0 Å². The maximum absolute atomic E-state index is 12.4. The quantitative estimate of drug-likeness (QED) is 0.847. The number of nitrogens with zero attached hydrogens (tertiary/aromatic N) is 2. The van der Waals surface area contributed by atoms with Crippen LogP contribution in [-0.2, 0) is 0 Å². The van der Waals surface area contributed by atoms with Gasteiger partial charge in [0.25, 0.3) is 6.43 Å². The fraction of sp³-hybridized carbons (Fsp3) is 0.125. The van der Waals surface area contributed by atoms with Crippen LogP contribution in [0.15, 0.2) is 6.07 Å². The summed E-state index contributed by atoms with van der Waals surface area (Å²) in [6.45, 7) is 0. The van der Waals surface area contributed by atoms with Gasteiger partial charge in [-0.3, -0.25) is 0 Å². The smallest absolute Gasteiger partial charge is 0.336 e. The maximum Gasteiger partial charge on any atom is 0.336 e. The van der Waals surface area contributed by atoms with Gasteiger partial charge in [0.1, 0.15) is 17.5 Å². The molecule has 0 amide bonds. The molecule has 1 N–H and O–H groups in total. The molecule has 0 aliphatic rings. The zero-order chi connectivity index (χ0) is 11.6. The monoisotopic (exact) mass is 324 g/mol. The van der Waals surface area contributed by atoms with E-state index in [1.165, 1.54) is 28.7 Å². The lowest BCUT2D eigenvalue weighted by molar-refractivity contribution is 0.0694. The molecule has 0 aliphatic heterocycles. The molecule has 1 aromatic rings. The second kappa shape index (κ2) is 4.48. The van der Waals surface area contributed by atoms with Crippen LogP contribution in [0.4, 0.5) is 8.78 Å². The first kappa shape index (κ1) is 11.8. The third kappa shape index (κ3) is 2.38. The average molecular weight is 324 g/mol. The van der Waals surface area contributed by atoms with E-state index < -0.39 is 18.1 Å². The molecule has 0 atom stereocenters. The number of aromatic carboxylic acids is 1. The molecule has 78 valence electrons. The van der Waals surface area contributed by atoms with Gasteiger partial charge in [-0.05, 0) is 28.7 Å². The summed E-state index contributed by atoms with van der Waals surface area (Å²) in [6, 6.07) is 2.50. The van der Waals surface area contributed by atoms with Crippen LogP contribution in [0, 0.1) is 14.9 Å². The molecular formula is C8H3F2IN2O2. The molecule has 4 nitrogen and oxygen atoms in total. The SMILES string of the molecule is N#Cc1cc(C(=O)O)c(I)c(C(F)F)n1. The van der Waals surface area contributed by atoms with Crippen LogP contribution in [0.1, 0.15) is 28.2 Å². The van der Waals surface area contributed by atoms with Gasteiger partial charge in [-0.15, -0.1) is 0 Å². The Bertz CT molecular complexity index is 457. The van der Waals surface area contributed by atoms with Crippen molar-refractivity contribution in [3.05, 3.63) is 26.6 Å². The predicted molar refractivity (Wildman–Crippen MR) is 53.6 cm³/mol. The van der Waals surface area contributed by atoms with Gasteiger partial charge in [0, 0.05) is 0 Å². The van der Waals surface area contributed by atoms with E-state index in [1.54, 1.807) is 0 Å². The van der Waals surface area contributed by atoms with Crippen molar-refractivity contribution in [1.82, 2.24) is 4.98 Å². The Morgan fingerprint density at radius 3 is 2.67 bits per heavy atom. The number of alkyl halides is 2. The largest absolute Gasteiger partial charge is 0.478 e. The van der Waals surface area contributed by atoms with E-state index in [1.807, 2.05) is 0 Å². The van der Waals surface area contributed by atoms with Gasteiger partial charge in [0.05, 0.1) is 9.13 Å². The minimum absolute atomic E-state index is 0.144. The van der Waals surface area contributed by atoms with E-state index in [2.05, 4.69) is 4.98 Å². The normalized spacial score (nSPS) is 10.1. The molecule has 0 saturated heterocycles. The first-order valence-corrected chi connectivity index (χ1v) is 4.67. The molecule has 0 saturated carbocycles. The highest BCUT2D eigenvalue weighted by molar-refractivity contribution is 14.1. The molecule has 15 heavy (non-hydrogen) atoms. The number of hydrogen-bond acceptors (Lipinski definition) is 3. The number of aromatic nitrogens is 1. The third-order valence-corrected chi connectivity index (χ3v) is 2.67. The summed E-state index contributed by atoms with van der Waals surface area (Å²) < 4.78 is 24.7. The summed E-state index contributed by atoms with van der Waals surface area (Å²) in [5.41, 5.74) is -1.34. The molecule has 0 radical (unpaired) electrons. The number of carbonyl (C=O) groups is 1. The van der Waals surface area contributed by atoms with E-state index in [0.717, 1.165) is 6.07 Å². The molecule has 0 unspecified atom stereocenters.